The molecule has 1 fully saturated rings. The molecule has 1 atom stereocenters. The van der Waals surface area contributed by atoms with Gasteiger partial charge < -0.3 is 14.4 Å². The van der Waals surface area contributed by atoms with Gasteiger partial charge in [0.25, 0.3) is 5.91 Å². The van der Waals surface area contributed by atoms with E-state index in [4.69, 9.17) is 4.74 Å². The maximum atomic E-state index is 13.2. The van der Waals surface area contributed by atoms with Crippen LogP contribution in [0.4, 0.5) is 4.39 Å². The van der Waals surface area contributed by atoms with E-state index in [9.17, 15) is 14.0 Å². The molecule has 1 unspecified atom stereocenters. The number of benzene rings is 1. The zero-order valence-electron chi connectivity index (χ0n) is 10.8. The van der Waals surface area contributed by atoms with E-state index in [-0.39, 0.29) is 24.6 Å². The van der Waals surface area contributed by atoms with Gasteiger partial charge in [0, 0.05) is 11.0 Å². The van der Waals surface area contributed by atoms with Gasteiger partial charge in [-0.25, -0.2) is 9.18 Å². The Kier molecular flexibility index (Phi) is 4.72. The van der Waals surface area contributed by atoms with Crippen molar-refractivity contribution in [3.63, 3.8) is 0 Å². The second kappa shape index (κ2) is 6.32. The van der Waals surface area contributed by atoms with Crippen molar-refractivity contribution in [1.82, 2.24) is 4.90 Å². The normalized spacial score (nSPS) is 18.8. The Bertz CT molecular complexity index is 537. The van der Waals surface area contributed by atoms with Crippen LogP contribution in [0.2, 0.25) is 0 Å². The topological polar surface area (TPSA) is 55.8 Å². The fourth-order valence-electron chi connectivity index (χ4n) is 1.94. The summed E-state index contributed by atoms with van der Waals surface area (Å²) >= 11 is 3.22. The number of hydrogen-bond donors (Lipinski definition) is 0. The van der Waals surface area contributed by atoms with Gasteiger partial charge in [-0.15, -0.1) is 0 Å². The Hall–Kier alpha value is -1.47. The third-order valence-electron chi connectivity index (χ3n) is 2.98. The van der Waals surface area contributed by atoms with Gasteiger partial charge in [0.15, 0.2) is 6.10 Å². The first kappa shape index (κ1) is 14.9. The molecule has 5 nitrogen and oxygen atoms in total. The van der Waals surface area contributed by atoms with Crippen LogP contribution in [-0.2, 0) is 14.3 Å². The van der Waals surface area contributed by atoms with Crippen molar-refractivity contribution in [2.24, 2.45) is 0 Å². The van der Waals surface area contributed by atoms with Crippen molar-refractivity contribution in [2.45, 2.75) is 6.10 Å². The molecule has 0 saturated carbocycles. The zero-order chi connectivity index (χ0) is 14.7. The van der Waals surface area contributed by atoms with E-state index < -0.39 is 17.9 Å². The molecule has 1 aromatic carbocycles. The highest BCUT2D eigenvalue weighted by atomic mass is 79.9. The van der Waals surface area contributed by atoms with Crippen molar-refractivity contribution >= 4 is 27.8 Å². The molecule has 0 aliphatic carbocycles. The number of halogens is 2. The lowest BCUT2D eigenvalue weighted by atomic mass is 10.1. The summed E-state index contributed by atoms with van der Waals surface area (Å²) in [5, 5.41) is 0. The van der Waals surface area contributed by atoms with Crippen LogP contribution in [0, 0.1) is 5.82 Å². The van der Waals surface area contributed by atoms with Crippen LogP contribution >= 0.6 is 15.9 Å². The van der Waals surface area contributed by atoms with Gasteiger partial charge in [0.2, 0.25) is 0 Å². The van der Waals surface area contributed by atoms with Crippen LogP contribution in [0.15, 0.2) is 22.7 Å². The van der Waals surface area contributed by atoms with Crippen molar-refractivity contribution in [3.8, 4) is 0 Å². The minimum absolute atomic E-state index is 0.0917. The van der Waals surface area contributed by atoms with Gasteiger partial charge >= 0.3 is 5.97 Å². The van der Waals surface area contributed by atoms with Crippen LogP contribution in [0.25, 0.3) is 0 Å². The van der Waals surface area contributed by atoms with Gasteiger partial charge in [-0.2, -0.15) is 0 Å². The molecule has 0 N–H and O–H groups in total. The average Bonchev–Trinajstić information content (AvgIpc) is 2.48. The maximum Gasteiger partial charge on any atom is 0.336 e. The number of methoxy groups -OCH3 is 1. The lowest BCUT2D eigenvalue weighted by molar-refractivity contribution is -0.158. The molecule has 0 bridgehead atoms. The quantitative estimate of drug-likeness (QED) is 0.764. The second-order valence-corrected chi connectivity index (χ2v) is 5.11. The maximum absolute atomic E-state index is 13.2. The molecule has 1 aliphatic heterocycles. The first-order valence-electron chi connectivity index (χ1n) is 5.96. The van der Waals surface area contributed by atoms with E-state index in [2.05, 4.69) is 20.7 Å². The second-order valence-electron chi connectivity index (χ2n) is 4.26. The van der Waals surface area contributed by atoms with E-state index in [0.717, 1.165) is 6.07 Å². The average molecular weight is 346 g/mol. The smallest absolute Gasteiger partial charge is 0.336 e. The number of ether oxygens (including phenoxy) is 2. The summed E-state index contributed by atoms with van der Waals surface area (Å²) in [5.41, 5.74) is 0.218. The number of hydrogen-bond acceptors (Lipinski definition) is 4. The number of nitrogens with zero attached hydrogens (tertiary/aromatic N) is 1. The van der Waals surface area contributed by atoms with Crippen LogP contribution in [0.1, 0.15) is 10.4 Å². The van der Waals surface area contributed by atoms with E-state index in [1.54, 1.807) is 0 Å². The molecule has 2 rings (SSSR count). The summed E-state index contributed by atoms with van der Waals surface area (Å²) in [4.78, 5) is 25.2. The molecular weight excluding hydrogens is 333 g/mol. The molecule has 108 valence electrons. The van der Waals surface area contributed by atoms with E-state index in [1.165, 1.54) is 24.1 Å². The van der Waals surface area contributed by atoms with Crippen molar-refractivity contribution in [3.05, 3.63) is 34.1 Å². The monoisotopic (exact) mass is 345 g/mol. The number of morpholine rings is 1. The summed E-state index contributed by atoms with van der Waals surface area (Å²) in [7, 11) is 1.26. The lowest BCUT2D eigenvalue weighted by Crippen LogP contribution is -2.49. The highest BCUT2D eigenvalue weighted by molar-refractivity contribution is 9.10. The summed E-state index contributed by atoms with van der Waals surface area (Å²) in [6, 6.07) is 3.90. The van der Waals surface area contributed by atoms with Gasteiger partial charge in [-0.05, 0) is 34.1 Å². The molecule has 1 aromatic rings. The van der Waals surface area contributed by atoms with Gasteiger partial charge in [-0.3, -0.25) is 4.79 Å². The fourth-order valence-corrected chi connectivity index (χ4v) is 2.36. The largest absolute Gasteiger partial charge is 0.467 e. The molecule has 7 heteroatoms. The molecule has 1 saturated heterocycles. The van der Waals surface area contributed by atoms with Crippen LogP contribution in [0.5, 0.6) is 0 Å². The number of carbonyl (C=O) groups is 2. The van der Waals surface area contributed by atoms with Gasteiger partial charge in [0.1, 0.15) is 5.82 Å². The number of rotatable bonds is 2. The molecule has 1 aliphatic rings. The number of esters is 1. The van der Waals surface area contributed by atoms with Crippen LogP contribution < -0.4 is 0 Å². The summed E-state index contributed by atoms with van der Waals surface area (Å²) in [5.74, 6) is -1.37. The molecule has 1 heterocycles. The van der Waals surface area contributed by atoms with Crippen molar-refractivity contribution in [2.75, 3.05) is 26.8 Å². The number of carbonyl (C=O) groups excluding carboxylic acids is 2. The summed E-state index contributed by atoms with van der Waals surface area (Å²) in [6.07, 6.45) is -0.801. The summed E-state index contributed by atoms with van der Waals surface area (Å²) < 4.78 is 23.6. The zero-order valence-corrected chi connectivity index (χ0v) is 12.4. The van der Waals surface area contributed by atoms with Crippen LogP contribution in [0.3, 0.4) is 0 Å². The highest BCUT2D eigenvalue weighted by Gasteiger charge is 2.31. The van der Waals surface area contributed by atoms with Crippen molar-refractivity contribution < 1.29 is 23.5 Å². The minimum Gasteiger partial charge on any atom is -0.467 e. The Morgan fingerprint density at radius 1 is 1.50 bits per heavy atom. The first-order valence-corrected chi connectivity index (χ1v) is 6.76. The van der Waals surface area contributed by atoms with E-state index in [0.29, 0.717) is 11.0 Å². The molecule has 20 heavy (non-hydrogen) atoms. The molecular formula is C13H13BrFNO4. The highest BCUT2D eigenvalue weighted by Crippen LogP contribution is 2.21. The third kappa shape index (κ3) is 3.16. The van der Waals surface area contributed by atoms with Crippen LogP contribution in [-0.4, -0.2) is 49.7 Å². The third-order valence-corrected chi connectivity index (χ3v) is 3.67. The molecule has 0 aromatic heterocycles. The first-order chi connectivity index (χ1) is 9.52. The Balaban J connectivity index is 2.16. The van der Waals surface area contributed by atoms with E-state index in [1.807, 2.05) is 0 Å². The molecule has 0 radical (unpaired) electrons. The predicted molar refractivity (Wildman–Crippen MR) is 71.8 cm³/mol. The SMILES string of the molecule is COC(=O)C1CN(C(=O)c2cc(F)ccc2Br)CCO1. The predicted octanol–water partition coefficient (Wildman–Crippen LogP) is 1.60. The fraction of sp³-hybridized carbons (Fsp3) is 0.385. The number of amides is 1. The molecule has 1 amide bonds. The standard InChI is InChI=1S/C13H13BrFNO4/c1-19-13(18)11-7-16(4-5-20-11)12(17)9-6-8(15)2-3-10(9)14/h2-3,6,11H,4-5,7H2,1H3. The lowest BCUT2D eigenvalue weighted by Gasteiger charge is -2.31. The van der Waals surface area contributed by atoms with Gasteiger partial charge in [-0.1, -0.05) is 0 Å². The Morgan fingerprint density at radius 2 is 2.25 bits per heavy atom. The Labute approximate surface area is 123 Å². The minimum atomic E-state index is -0.801. The summed E-state index contributed by atoms with van der Waals surface area (Å²) in [6.45, 7) is 0.669. The van der Waals surface area contributed by atoms with Gasteiger partial charge in [0.05, 0.1) is 25.8 Å². The Morgan fingerprint density at radius 3 is 2.95 bits per heavy atom. The molecule has 0 spiro atoms. The van der Waals surface area contributed by atoms with Crippen molar-refractivity contribution in [1.29, 1.82) is 0 Å². The van der Waals surface area contributed by atoms with E-state index >= 15 is 0 Å².